The minimum Gasteiger partial charge on any atom is -0.466 e. The van der Waals surface area contributed by atoms with E-state index in [9.17, 15) is 9.59 Å². The van der Waals surface area contributed by atoms with Crippen molar-refractivity contribution < 1.29 is 14.3 Å². The van der Waals surface area contributed by atoms with Crippen molar-refractivity contribution in [3.05, 3.63) is 22.4 Å². The van der Waals surface area contributed by atoms with Gasteiger partial charge in [0, 0.05) is 10.9 Å². The van der Waals surface area contributed by atoms with Gasteiger partial charge in [-0.05, 0) is 32.3 Å². The van der Waals surface area contributed by atoms with Crippen LogP contribution < -0.4 is 0 Å². The third kappa shape index (κ3) is 4.58. The van der Waals surface area contributed by atoms with E-state index in [4.69, 9.17) is 4.74 Å². The molecule has 0 amide bonds. The van der Waals surface area contributed by atoms with Crippen molar-refractivity contribution in [2.45, 2.75) is 26.3 Å². The van der Waals surface area contributed by atoms with E-state index < -0.39 is 5.97 Å². The van der Waals surface area contributed by atoms with E-state index >= 15 is 0 Å². The first kappa shape index (κ1) is 14.9. The molecule has 0 radical (unpaired) electrons. The lowest BCUT2D eigenvalue weighted by molar-refractivity contribution is -0.145. The number of esters is 1. The monoisotopic (exact) mass is 269 g/mol. The molecule has 0 aliphatic heterocycles. The Morgan fingerprint density at radius 1 is 1.50 bits per heavy atom. The predicted octanol–water partition coefficient (Wildman–Crippen LogP) is 2.26. The van der Waals surface area contributed by atoms with E-state index in [2.05, 4.69) is 0 Å². The van der Waals surface area contributed by atoms with Crippen LogP contribution >= 0.6 is 11.3 Å². The van der Waals surface area contributed by atoms with E-state index in [0.29, 0.717) is 6.61 Å². The number of carbonyl (C=O) groups is 2. The highest BCUT2D eigenvalue weighted by atomic mass is 32.1. The van der Waals surface area contributed by atoms with Gasteiger partial charge >= 0.3 is 5.97 Å². The number of nitrogens with zero attached hydrogens (tertiary/aromatic N) is 1. The summed E-state index contributed by atoms with van der Waals surface area (Å²) in [5.74, 6) is -0.556. The van der Waals surface area contributed by atoms with Gasteiger partial charge in [0.05, 0.1) is 13.2 Å². The third-order valence-corrected chi connectivity index (χ3v) is 3.73. The molecule has 18 heavy (non-hydrogen) atoms. The number of thiophene rings is 1. The Labute approximate surface area is 112 Å². The van der Waals surface area contributed by atoms with E-state index in [1.54, 1.807) is 18.3 Å². The fourth-order valence-corrected chi connectivity index (χ4v) is 2.44. The van der Waals surface area contributed by atoms with Gasteiger partial charge in [-0.15, -0.1) is 11.3 Å². The number of likely N-dealkylation sites (N-methyl/N-ethyl adjacent to an activating group) is 1. The van der Waals surface area contributed by atoms with Gasteiger partial charge in [-0.2, -0.15) is 0 Å². The zero-order valence-corrected chi connectivity index (χ0v) is 11.8. The quantitative estimate of drug-likeness (QED) is 0.562. The van der Waals surface area contributed by atoms with Gasteiger partial charge in [-0.3, -0.25) is 14.5 Å². The Kier molecular flexibility index (Phi) is 6.01. The first-order valence-corrected chi connectivity index (χ1v) is 6.83. The summed E-state index contributed by atoms with van der Waals surface area (Å²) in [7, 11) is 1.88. The summed E-state index contributed by atoms with van der Waals surface area (Å²) in [5.41, 5.74) is 0. The Hall–Kier alpha value is -1.20. The maximum Gasteiger partial charge on any atom is 0.313 e. The highest BCUT2D eigenvalue weighted by Crippen LogP contribution is 2.23. The van der Waals surface area contributed by atoms with Gasteiger partial charge in [0.25, 0.3) is 0 Å². The van der Waals surface area contributed by atoms with Crippen LogP contribution in [0.15, 0.2) is 17.5 Å². The van der Waals surface area contributed by atoms with Gasteiger partial charge in [-0.1, -0.05) is 6.07 Å². The van der Waals surface area contributed by atoms with Crippen LogP contribution in [0.2, 0.25) is 0 Å². The van der Waals surface area contributed by atoms with Crippen molar-refractivity contribution in [3.8, 4) is 0 Å². The molecule has 4 nitrogen and oxygen atoms in total. The number of rotatable bonds is 7. The molecule has 0 aliphatic carbocycles. The molecule has 0 bridgehead atoms. The molecule has 1 rings (SSSR count). The first-order chi connectivity index (χ1) is 8.54. The Morgan fingerprint density at radius 3 is 2.78 bits per heavy atom. The summed E-state index contributed by atoms with van der Waals surface area (Å²) >= 11 is 1.66. The lowest BCUT2D eigenvalue weighted by Crippen LogP contribution is -2.29. The molecule has 1 heterocycles. The largest absolute Gasteiger partial charge is 0.466 e. The molecular formula is C13H19NO3S. The molecule has 0 N–H and O–H groups in total. The summed E-state index contributed by atoms with van der Waals surface area (Å²) in [4.78, 5) is 26.0. The molecule has 1 atom stereocenters. The third-order valence-electron chi connectivity index (χ3n) is 2.69. The molecule has 1 aromatic rings. The smallest absolute Gasteiger partial charge is 0.313 e. The Morgan fingerprint density at radius 2 is 2.22 bits per heavy atom. The summed E-state index contributed by atoms with van der Waals surface area (Å²) in [5, 5.41) is 2.01. The zero-order chi connectivity index (χ0) is 13.5. The maximum absolute atomic E-state index is 11.7. The lowest BCUT2D eigenvalue weighted by atomic mass is 10.2. The van der Waals surface area contributed by atoms with E-state index in [-0.39, 0.29) is 24.8 Å². The van der Waals surface area contributed by atoms with Crippen LogP contribution in [0.3, 0.4) is 0 Å². The molecule has 0 saturated carbocycles. The van der Waals surface area contributed by atoms with Crippen molar-refractivity contribution in [3.63, 3.8) is 0 Å². The van der Waals surface area contributed by atoms with Crippen LogP contribution in [0.5, 0.6) is 0 Å². The average Bonchev–Trinajstić information content (AvgIpc) is 2.81. The number of hydrogen-bond acceptors (Lipinski definition) is 5. The fraction of sp³-hybridized carbons (Fsp3) is 0.538. The molecule has 1 aromatic heterocycles. The highest BCUT2D eigenvalue weighted by Gasteiger charge is 2.17. The molecule has 5 heteroatoms. The van der Waals surface area contributed by atoms with Crippen LogP contribution in [0.1, 0.15) is 31.2 Å². The summed E-state index contributed by atoms with van der Waals surface area (Å²) < 4.78 is 4.75. The van der Waals surface area contributed by atoms with Crippen LogP contribution in [0.4, 0.5) is 0 Å². The Bertz CT molecular complexity index is 389. The van der Waals surface area contributed by atoms with Gasteiger partial charge in [-0.25, -0.2) is 0 Å². The zero-order valence-electron chi connectivity index (χ0n) is 11.0. The van der Waals surface area contributed by atoms with Crippen LogP contribution in [-0.4, -0.2) is 36.9 Å². The average molecular weight is 269 g/mol. The highest BCUT2D eigenvalue weighted by molar-refractivity contribution is 7.10. The number of ketones is 1. The molecular weight excluding hydrogens is 250 g/mol. The summed E-state index contributed by atoms with van der Waals surface area (Å²) in [6.45, 7) is 4.35. The number of ether oxygens (including phenoxy) is 1. The van der Waals surface area contributed by atoms with Gasteiger partial charge in [0.2, 0.25) is 0 Å². The molecule has 0 spiro atoms. The normalized spacial score (nSPS) is 12.4. The number of carbonyl (C=O) groups excluding carboxylic acids is 2. The fourth-order valence-electron chi connectivity index (χ4n) is 1.59. The molecule has 1 unspecified atom stereocenters. The number of Topliss-reactive ketones (excluding diaryl/α,β-unsaturated/α-hetero) is 1. The van der Waals surface area contributed by atoms with Crippen molar-refractivity contribution in [2.24, 2.45) is 0 Å². The molecule has 100 valence electrons. The van der Waals surface area contributed by atoms with Crippen molar-refractivity contribution in [1.29, 1.82) is 0 Å². The second-order valence-electron chi connectivity index (χ2n) is 4.13. The predicted molar refractivity (Wildman–Crippen MR) is 71.6 cm³/mol. The summed E-state index contributed by atoms with van der Waals surface area (Å²) in [6, 6.07) is 4.21. The van der Waals surface area contributed by atoms with E-state index in [0.717, 1.165) is 0 Å². The second kappa shape index (κ2) is 7.28. The minimum atomic E-state index is -0.445. The van der Waals surface area contributed by atoms with Gasteiger partial charge in [0.15, 0.2) is 5.78 Å². The Balaban J connectivity index is 2.42. The molecule has 0 fully saturated rings. The van der Waals surface area contributed by atoms with Crippen molar-refractivity contribution >= 4 is 23.1 Å². The van der Waals surface area contributed by atoms with Crippen molar-refractivity contribution in [1.82, 2.24) is 4.90 Å². The lowest BCUT2D eigenvalue weighted by Gasteiger charge is -2.22. The van der Waals surface area contributed by atoms with Gasteiger partial charge < -0.3 is 4.74 Å². The number of hydrogen-bond donors (Lipinski definition) is 0. The van der Waals surface area contributed by atoms with Crippen LogP contribution in [0, 0.1) is 0 Å². The molecule has 0 aliphatic rings. The topological polar surface area (TPSA) is 46.6 Å². The van der Waals surface area contributed by atoms with E-state index in [1.165, 1.54) is 4.88 Å². The molecule has 0 aromatic carbocycles. The van der Waals surface area contributed by atoms with Crippen LogP contribution in [0.25, 0.3) is 0 Å². The SMILES string of the molecule is CCOC(=O)CC(=O)CN(C)C(C)c1cccs1. The van der Waals surface area contributed by atoms with Crippen molar-refractivity contribution in [2.75, 3.05) is 20.2 Å². The maximum atomic E-state index is 11.7. The van der Waals surface area contributed by atoms with Gasteiger partial charge in [0.1, 0.15) is 6.42 Å². The minimum absolute atomic E-state index is 0.112. The first-order valence-electron chi connectivity index (χ1n) is 5.95. The summed E-state index contributed by atoms with van der Waals surface area (Å²) in [6.07, 6.45) is -0.144. The standard InChI is InChI=1S/C13H19NO3S/c1-4-17-13(16)8-11(15)9-14(3)10(2)12-6-5-7-18-12/h5-7,10H,4,8-9H2,1-3H3. The van der Waals surface area contributed by atoms with Crippen LogP contribution in [-0.2, 0) is 14.3 Å². The van der Waals surface area contributed by atoms with E-state index in [1.807, 2.05) is 36.4 Å². The molecule has 0 saturated heterocycles. The second-order valence-corrected chi connectivity index (χ2v) is 5.11.